The fourth-order valence-corrected chi connectivity index (χ4v) is 4.03. The van der Waals surface area contributed by atoms with Crippen molar-refractivity contribution >= 4 is 11.9 Å². The highest BCUT2D eigenvalue weighted by molar-refractivity contribution is 6.00. The number of fused-ring (bicyclic) bond motifs is 1. The van der Waals surface area contributed by atoms with E-state index in [0.29, 0.717) is 17.7 Å². The van der Waals surface area contributed by atoms with E-state index in [0.717, 1.165) is 16.7 Å². The van der Waals surface area contributed by atoms with Crippen molar-refractivity contribution in [1.82, 2.24) is 10.2 Å². The van der Waals surface area contributed by atoms with Gasteiger partial charge in [0.1, 0.15) is 13.2 Å². The van der Waals surface area contributed by atoms with E-state index in [1.807, 2.05) is 60.7 Å². The number of aromatic nitrogens is 2. The molecule has 1 N–H and O–H groups in total. The number of nitrogens with one attached hydrogen (secondary N) is 1. The molecule has 0 spiro atoms. The highest BCUT2D eigenvalue weighted by atomic mass is 16.6. The van der Waals surface area contributed by atoms with Crippen LogP contribution in [-0.4, -0.2) is 22.1 Å². The predicted molar refractivity (Wildman–Crippen MR) is 117 cm³/mol. The lowest BCUT2D eigenvalue weighted by Crippen LogP contribution is -2.48. The normalized spacial score (nSPS) is 14.3. The third kappa shape index (κ3) is 4.32. The number of aromatic amines is 1. The highest BCUT2D eigenvalue weighted by Crippen LogP contribution is 2.38. The van der Waals surface area contributed by atoms with Crippen molar-refractivity contribution in [2.45, 2.75) is 39.4 Å². The second-order valence-corrected chi connectivity index (χ2v) is 7.98. The zero-order valence-electron chi connectivity index (χ0n) is 17.8. The van der Waals surface area contributed by atoms with Crippen molar-refractivity contribution in [3.05, 3.63) is 99.0 Å². The maximum absolute atomic E-state index is 13.3. The number of ether oxygens (including phenoxy) is 2. The van der Waals surface area contributed by atoms with Crippen molar-refractivity contribution in [2.75, 3.05) is 0 Å². The van der Waals surface area contributed by atoms with Gasteiger partial charge in [-0.15, -0.1) is 0 Å². The molecule has 0 amide bonds. The first-order chi connectivity index (χ1) is 15.5. The fraction of sp³-hybridized carbons (Fsp3) is 0.280. The van der Waals surface area contributed by atoms with Crippen LogP contribution in [0, 0.1) is 12.3 Å². The topological polar surface area (TPSA) is 98.4 Å². The summed E-state index contributed by atoms with van der Waals surface area (Å²) in [5.41, 5.74) is 1.47. The third-order valence-corrected chi connectivity index (χ3v) is 5.89. The van der Waals surface area contributed by atoms with Gasteiger partial charge < -0.3 is 9.47 Å². The number of benzene rings is 2. The van der Waals surface area contributed by atoms with Gasteiger partial charge in [-0.1, -0.05) is 60.7 Å². The van der Waals surface area contributed by atoms with Crippen LogP contribution in [-0.2, 0) is 45.1 Å². The molecule has 32 heavy (non-hydrogen) atoms. The second-order valence-electron chi connectivity index (χ2n) is 7.98. The Labute approximate surface area is 185 Å². The second kappa shape index (κ2) is 9.18. The molecule has 7 heteroatoms. The van der Waals surface area contributed by atoms with Crippen LogP contribution >= 0.6 is 0 Å². The first kappa shape index (κ1) is 21.5. The Kier molecular flexibility index (Phi) is 6.16. The van der Waals surface area contributed by atoms with E-state index in [-0.39, 0.29) is 26.1 Å². The smallest absolute Gasteiger partial charge is 0.324 e. The summed E-state index contributed by atoms with van der Waals surface area (Å²) in [7, 11) is 0. The monoisotopic (exact) mass is 432 g/mol. The van der Waals surface area contributed by atoms with Crippen LogP contribution in [0.15, 0.2) is 65.5 Å². The molecular weight excluding hydrogens is 408 g/mol. The molecule has 1 aliphatic carbocycles. The van der Waals surface area contributed by atoms with Crippen LogP contribution in [0.1, 0.15) is 34.4 Å². The first-order valence-corrected chi connectivity index (χ1v) is 10.5. The lowest BCUT2D eigenvalue weighted by Gasteiger charge is -2.33. The van der Waals surface area contributed by atoms with Gasteiger partial charge in [-0.2, -0.15) is 5.10 Å². The minimum absolute atomic E-state index is 0.0337. The van der Waals surface area contributed by atoms with Crippen LogP contribution in [0.2, 0.25) is 0 Å². The summed E-state index contributed by atoms with van der Waals surface area (Å²) in [6.45, 7) is 1.86. The van der Waals surface area contributed by atoms with Crippen molar-refractivity contribution < 1.29 is 19.1 Å². The Morgan fingerprint density at radius 2 is 1.44 bits per heavy atom. The Morgan fingerprint density at radius 1 is 0.906 bits per heavy atom. The lowest BCUT2D eigenvalue weighted by atomic mass is 9.71. The summed E-state index contributed by atoms with van der Waals surface area (Å²) in [6, 6.07) is 18.5. The predicted octanol–water partition coefficient (Wildman–Crippen LogP) is 3.04. The minimum Gasteiger partial charge on any atom is -0.460 e. The van der Waals surface area contributed by atoms with Gasteiger partial charge in [-0.3, -0.25) is 14.4 Å². The number of nitrogens with zero attached hydrogens (tertiary/aromatic N) is 1. The first-order valence-electron chi connectivity index (χ1n) is 10.5. The van der Waals surface area contributed by atoms with Gasteiger partial charge in [-0.05, 0) is 36.5 Å². The number of carbonyl (C=O) groups excluding carboxylic acids is 2. The van der Waals surface area contributed by atoms with E-state index in [9.17, 15) is 14.4 Å². The summed E-state index contributed by atoms with van der Waals surface area (Å²) in [4.78, 5) is 39.1. The molecule has 164 valence electrons. The molecule has 0 radical (unpaired) electrons. The Balaban J connectivity index is 1.61. The van der Waals surface area contributed by atoms with Crippen LogP contribution < -0.4 is 5.56 Å². The number of hydrogen-bond donors (Lipinski definition) is 1. The molecule has 1 aromatic heterocycles. The Morgan fingerprint density at radius 3 is 1.97 bits per heavy atom. The molecule has 0 bridgehead atoms. The molecule has 0 fully saturated rings. The fourth-order valence-electron chi connectivity index (χ4n) is 4.03. The lowest BCUT2D eigenvalue weighted by molar-refractivity contribution is -0.175. The molecule has 3 aromatic rings. The summed E-state index contributed by atoms with van der Waals surface area (Å²) in [5, 5.41) is 6.46. The SMILES string of the molecule is Cc1n[nH]c(=O)c2c1CCC(C(=O)OCc1ccccc1)(C(=O)OCc1ccccc1)C2. The van der Waals surface area contributed by atoms with E-state index in [4.69, 9.17) is 9.47 Å². The number of esters is 2. The Bertz CT molecular complexity index is 1120. The van der Waals surface area contributed by atoms with Gasteiger partial charge in [0.05, 0.1) is 5.69 Å². The van der Waals surface area contributed by atoms with Crippen LogP contribution in [0.5, 0.6) is 0 Å². The van der Waals surface area contributed by atoms with Gasteiger partial charge in [0, 0.05) is 12.0 Å². The number of H-pyrrole nitrogens is 1. The molecule has 0 aliphatic heterocycles. The largest absolute Gasteiger partial charge is 0.460 e. The average molecular weight is 432 g/mol. The average Bonchev–Trinajstić information content (AvgIpc) is 2.84. The van der Waals surface area contributed by atoms with Crippen molar-refractivity contribution in [3.63, 3.8) is 0 Å². The van der Waals surface area contributed by atoms with Crippen LogP contribution in [0.25, 0.3) is 0 Å². The number of carbonyl (C=O) groups is 2. The number of aryl methyl sites for hydroxylation is 1. The molecule has 0 unspecified atom stereocenters. The van der Waals surface area contributed by atoms with Crippen LogP contribution in [0.3, 0.4) is 0 Å². The maximum Gasteiger partial charge on any atom is 0.324 e. The van der Waals surface area contributed by atoms with Gasteiger partial charge in [0.25, 0.3) is 5.56 Å². The molecule has 7 nitrogen and oxygen atoms in total. The molecule has 0 saturated carbocycles. The molecule has 2 aromatic carbocycles. The molecule has 4 rings (SSSR count). The highest BCUT2D eigenvalue weighted by Gasteiger charge is 2.52. The van der Waals surface area contributed by atoms with E-state index in [2.05, 4.69) is 10.2 Å². The van der Waals surface area contributed by atoms with Crippen LogP contribution in [0.4, 0.5) is 0 Å². The van der Waals surface area contributed by atoms with Gasteiger partial charge in [-0.25, -0.2) is 5.10 Å². The Hall–Kier alpha value is -3.74. The molecule has 0 saturated heterocycles. The molecule has 1 heterocycles. The van der Waals surface area contributed by atoms with Gasteiger partial charge in [0.2, 0.25) is 0 Å². The summed E-state index contributed by atoms with van der Waals surface area (Å²) >= 11 is 0. The zero-order chi connectivity index (χ0) is 22.6. The van der Waals surface area contributed by atoms with E-state index in [1.165, 1.54) is 0 Å². The maximum atomic E-state index is 13.3. The van der Waals surface area contributed by atoms with E-state index >= 15 is 0 Å². The zero-order valence-corrected chi connectivity index (χ0v) is 17.8. The number of rotatable bonds is 6. The van der Waals surface area contributed by atoms with E-state index in [1.54, 1.807) is 6.92 Å². The summed E-state index contributed by atoms with van der Waals surface area (Å²) in [5.74, 6) is -1.36. The quantitative estimate of drug-likeness (QED) is 0.475. The molecule has 1 aliphatic rings. The third-order valence-electron chi connectivity index (χ3n) is 5.89. The van der Waals surface area contributed by atoms with Crippen molar-refractivity contribution in [1.29, 1.82) is 0 Å². The van der Waals surface area contributed by atoms with Gasteiger partial charge >= 0.3 is 11.9 Å². The van der Waals surface area contributed by atoms with Crippen molar-refractivity contribution in [2.24, 2.45) is 5.41 Å². The van der Waals surface area contributed by atoms with Gasteiger partial charge in [0.15, 0.2) is 5.41 Å². The minimum atomic E-state index is -1.59. The summed E-state index contributed by atoms with van der Waals surface area (Å²) < 4.78 is 11.1. The molecular formula is C25H24N2O5. The molecule has 0 atom stereocenters. The summed E-state index contributed by atoms with van der Waals surface area (Å²) in [6.07, 6.45) is 0.467. The van der Waals surface area contributed by atoms with E-state index < -0.39 is 22.9 Å². The van der Waals surface area contributed by atoms with Crippen molar-refractivity contribution in [3.8, 4) is 0 Å². The number of hydrogen-bond acceptors (Lipinski definition) is 6. The standard InChI is InChI=1S/C25H24N2O5/c1-17-20-12-13-25(14-21(20)22(28)27-26-17,23(29)31-15-18-8-4-2-5-9-18)24(30)32-16-19-10-6-3-7-11-19/h2-11H,12-16H2,1H3,(H,27,28).